The summed E-state index contributed by atoms with van der Waals surface area (Å²) in [4.78, 5) is 14.4. The number of amides is 1. The second-order valence-corrected chi connectivity index (χ2v) is 6.27. The summed E-state index contributed by atoms with van der Waals surface area (Å²) in [6.07, 6.45) is 1.86. The predicted octanol–water partition coefficient (Wildman–Crippen LogP) is 1.54. The SMILES string of the molecule is COC[C@H]1CN(C(=O)C(C)(C)C)Cc2cnn(C)c21. The van der Waals surface area contributed by atoms with Crippen LogP contribution in [0.5, 0.6) is 0 Å². The van der Waals surface area contributed by atoms with Crippen LogP contribution in [0.2, 0.25) is 0 Å². The zero-order valence-electron chi connectivity index (χ0n) is 12.4. The van der Waals surface area contributed by atoms with Crippen LogP contribution in [-0.2, 0) is 23.1 Å². The molecule has 1 amide bonds. The Kier molecular flexibility index (Phi) is 3.67. The van der Waals surface area contributed by atoms with E-state index >= 15 is 0 Å². The van der Waals surface area contributed by atoms with Gasteiger partial charge in [-0.15, -0.1) is 0 Å². The molecule has 5 heteroatoms. The number of hydrogen-bond donors (Lipinski definition) is 0. The van der Waals surface area contributed by atoms with E-state index in [1.165, 1.54) is 5.69 Å². The van der Waals surface area contributed by atoms with Gasteiger partial charge in [0, 0.05) is 44.1 Å². The molecule has 0 saturated carbocycles. The fourth-order valence-electron chi connectivity index (χ4n) is 2.73. The Balaban J connectivity index is 2.28. The molecule has 0 saturated heterocycles. The zero-order valence-corrected chi connectivity index (χ0v) is 12.4. The van der Waals surface area contributed by atoms with Crippen LogP contribution in [0.25, 0.3) is 0 Å². The number of aryl methyl sites for hydroxylation is 1. The molecular weight excluding hydrogens is 242 g/mol. The lowest BCUT2D eigenvalue weighted by atomic mass is 9.91. The quantitative estimate of drug-likeness (QED) is 0.815. The molecule has 0 aliphatic carbocycles. The minimum absolute atomic E-state index is 0.183. The summed E-state index contributed by atoms with van der Waals surface area (Å²) in [5.41, 5.74) is 1.98. The molecule has 0 N–H and O–H groups in total. The smallest absolute Gasteiger partial charge is 0.228 e. The summed E-state index contributed by atoms with van der Waals surface area (Å²) >= 11 is 0. The Morgan fingerprint density at radius 1 is 1.53 bits per heavy atom. The zero-order chi connectivity index (χ0) is 14.2. The van der Waals surface area contributed by atoms with Gasteiger partial charge in [-0.25, -0.2) is 0 Å². The van der Waals surface area contributed by atoms with Crippen LogP contribution >= 0.6 is 0 Å². The summed E-state index contributed by atoms with van der Waals surface area (Å²) < 4.78 is 7.20. The van der Waals surface area contributed by atoms with Crippen molar-refractivity contribution >= 4 is 5.91 Å². The number of fused-ring (bicyclic) bond motifs is 1. The number of ether oxygens (including phenoxy) is 1. The van der Waals surface area contributed by atoms with E-state index in [-0.39, 0.29) is 17.2 Å². The van der Waals surface area contributed by atoms with Gasteiger partial charge in [-0.05, 0) is 0 Å². The molecule has 0 spiro atoms. The molecular formula is C14H23N3O2. The van der Waals surface area contributed by atoms with E-state index in [0.29, 0.717) is 19.7 Å². The van der Waals surface area contributed by atoms with E-state index in [1.807, 2.05) is 43.6 Å². The molecule has 0 unspecified atom stereocenters. The van der Waals surface area contributed by atoms with Crippen LogP contribution in [-0.4, -0.2) is 40.8 Å². The third kappa shape index (κ3) is 2.66. The Bertz CT molecular complexity index is 474. The first-order valence-corrected chi connectivity index (χ1v) is 6.63. The molecule has 0 aromatic carbocycles. The minimum Gasteiger partial charge on any atom is -0.384 e. The fourth-order valence-corrected chi connectivity index (χ4v) is 2.73. The van der Waals surface area contributed by atoms with Gasteiger partial charge in [0.15, 0.2) is 0 Å². The van der Waals surface area contributed by atoms with Gasteiger partial charge in [-0.3, -0.25) is 9.48 Å². The Hall–Kier alpha value is -1.36. The Morgan fingerprint density at radius 3 is 2.79 bits per heavy atom. The highest BCUT2D eigenvalue weighted by Gasteiger charge is 2.35. The molecule has 5 nitrogen and oxygen atoms in total. The van der Waals surface area contributed by atoms with Crippen molar-refractivity contribution in [2.45, 2.75) is 33.2 Å². The summed E-state index contributed by atoms with van der Waals surface area (Å²) in [5, 5.41) is 4.31. The van der Waals surface area contributed by atoms with Gasteiger partial charge in [0.25, 0.3) is 0 Å². The maximum absolute atomic E-state index is 12.4. The van der Waals surface area contributed by atoms with Crippen molar-refractivity contribution in [1.29, 1.82) is 0 Å². The lowest BCUT2D eigenvalue weighted by molar-refractivity contribution is -0.141. The van der Waals surface area contributed by atoms with Crippen LogP contribution in [0, 0.1) is 5.41 Å². The maximum atomic E-state index is 12.4. The van der Waals surface area contributed by atoms with Crippen molar-refractivity contribution < 1.29 is 9.53 Å². The summed E-state index contributed by atoms with van der Waals surface area (Å²) in [7, 11) is 3.64. The molecule has 0 bridgehead atoms. The van der Waals surface area contributed by atoms with Crippen LogP contribution in [0.3, 0.4) is 0 Å². The Morgan fingerprint density at radius 2 is 2.21 bits per heavy atom. The maximum Gasteiger partial charge on any atom is 0.228 e. The molecule has 1 aromatic heterocycles. The topological polar surface area (TPSA) is 47.4 Å². The van der Waals surface area contributed by atoms with Crippen molar-refractivity contribution in [2.24, 2.45) is 12.5 Å². The van der Waals surface area contributed by atoms with Gasteiger partial charge >= 0.3 is 0 Å². The largest absolute Gasteiger partial charge is 0.384 e. The number of nitrogens with zero attached hydrogens (tertiary/aromatic N) is 3. The molecule has 1 aliphatic rings. The monoisotopic (exact) mass is 265 g/mol. The number of aromatic nitrogens is 2. The van der Waals surface area contributed by atoms with E-state index in [4.69, 9.17) is 4.74 Å². The van der Waals surface area contributed by atoms with Crippen molar-refractivity contribution in [1.82, 2.24) is 14.7 Å². The molecule has 1 atom stereocenters. The van der Waals surface area contributed by atoms with Gasteiger partial charge in [0.05, 0.1) is 18.5 Å². The average Bonchev–Trinajstić information content (AvgIpc) is 2.69. The number of carbonyl (C=O) groups is 1. The van der Waals surface area contributed by atoms with E-state index in [9.17, 15) is 4.79 Å². The molecule has 19 heavy (non-hydrogen) atoms. The second kappa shape index (κ2) is 4.96. The summed E-state index contributed by atoms with van der Waals surface area (Å²) in [6, 6.07) is 0. The van der Waals surface area contributed by atoms with Gasteiger partial charge < -0.3 is 9.64 Å². The van der Waals surface area contributed by atoms with E-state index in [0.717, 1.165) is 5.56 Å². The van der Waals surface area contributed by atoms with E-state index < -0.39 is 0 Å². The van der Waals surface area contributed by atoms with Crippen LogP contribution < -0.4 is 0 Å². The van der Waals surface area contributed by atoms with Crippen LogP contribution in [0.1, 0.15) is 37.9 Å². The third-order valence-electron chi connectivity index (χ3n) is 3.55. The first-order chi connectivity index (χ1) is 8.84. The molecule has 106 valence electrons. The highest BCUT2D eigenvalue weighted by Crippen LogP contribution is 2.30. The molecule has 0 radical (unpaired) electrons. The highest BCUT2D eigenvalue weighted by atomic mass is 16.5. The van der Waals surface area contributed by atoms with Crippen molar-refractivity contribution in [3.05, 3.63) is 17.5 Å². The van der Waals surface area contributed by atoms with Gasteiger partial charge in [-0.2, -0.15) is 5.10 Å². The lowest BCUT2D eigenvalue weighted by Crippen LogP contribution is -2.44. The van der Waals surface area contributed by atoms with Gasteiger partial charge in [0.2, 0.25) is 5.91 Å². The predicted molar refractivity (Wildman–Crippen MR) is 72.7 cm³/mol. The number of rotatable bonds is 2. The molecule has 2 heterocycles. The molecule has 2 rings (SSSR count). The highest BCUT2D eigenvalue weighted by molar-refractivity contribution is 5.81. The fraction of sp³-hybridized carbons (Fsp3) is 0.714. The number of hydrogen-bond acceptors (Lipinski definition) is 3. The van der Waals surface area contributed by atoms with E-state index in [1.54, 1.807) is 7.11 Å². The number of methoxy groups -OCH3 is 1. The summed E-state index contributed by atoms with van der Waals surface area (Å²) in [5.74, 6) is 0.385. The second-order valence-electron chi connectivity index (χ2n) is 6.27. The van der Waals surface area contributed by atoms with Gasteiger partial charge in [0.1, 0.15) is 0 Å². The number of carbonyl (C=O) groups excluding carboxylic acids is 1. The van der Waals surface area contributed by atoms with Gasteiger partial charge in [-0.1, -0.05) is 20.8 Å². The van der Waals surface area contributed by atoms with Crippen molar-refractivity contribution in [3.8, 4) is 0 Å². The standard InChI is InChI=1S/C14H23N3O2/c1-14(2,3)13(18)17-7-10-6-15-16(4)12(10)11(8-17)9-19-5/h6,11H,7-9H2,1-5H3/t11-/m1/s1. The summed E-state index contributed by atoms with van der Waals surface area (Å²) in [6.45, 7) is 7.84. The Labute approximate surface area is 114 Å². The van der Waals surface area contributed by atoms with E-state index in [2.05, 4.69) is 5.10 Å². The molecule has 1 aromatic rings. The lowest BCUT2D eigenvalue weighted by Gasteiger charge is -2.36. The average molecular weight is 265 g/mol. The molecule has 0 fully saturated rings. The van der Waals surface area contributed by atoms with Crippen LogP contribution in [0.15, 0.2) is 6.20 Å². The molecule has 1 aliphatic heterocycles. The van der Waals surface area contributed by atoms with Crippen molar-refractivity contribution in [3.63, 3.8) is 0 Å². The minimum atomic E-state index is -0.350. The normalized spacial score (nSPS) is 19.4. The first-order valence-electron chi connectivity index (χ1n) is 6.63. The van der Waals surface area contributed by atoms with Crippen LogP contribution in [0.4, 0.5) is 0 Å². The first kappa shape index (κ1) is 14.1. The third-order valence-corrected chi connectivity index (χ3v) is 3.55. The van der Waals surface area contributed by atoms with Crippen molar-refractivity contribution in [2.75, 3.05) is 20.3 Å².